The number of hydrogen-bond acceptors (Lipinski definition) is 5. The van der Waals surface area contributed by atoms with Crippen LogP contribution in [0.15, 0.2) is 71.8 Å². The molecule has 1 saturated heterocycles. The maximum atomic E-state index is 12.8. The van der Waals surface area contributed by atoms with Crippen LogP contribution < -0.4 is 10.0 Å². The van der Waals surface area contributed by atoms with E-state index < -0.39 is 15.9 Å². The van der Waals surface area contributed by atoms with Gasteiger partial charge in [-0.2, -0.15) is 0 Å². The van der Waals surface area contributed by atoms with Gasteiger partial charge in [0.15, 0.2) is 0 Å². The van der Waals surface area contributed by atoms with E-state index in [0.29, 0.717) is 23.6 Å². The number of nitrogens with one attached hydrogen (secondary N) is 2. The second-order valence-electron chi connectivity index (χ2n) is 7.63. The molecule has 9 heteroatoms. The van der Waals surface area contributed by atoms with Crippen molar-refractivity contribution >= 4 is 33.2 Å². The Morgan fingerprint density at radius 2 is 2.00 bits per heavy atom. The largest absolute Gasteiger partial charge is 0.377 e. The van der Waals surface area contributed by atoms with Crippen LogP contribution in [0.4, 0.5) is 5.69 Å². The minimum absolute atomic E-state index is 0.0307. The number of hydrogen-bond donors (Lipinski definition) is 2. The van der Waals surface area contributed by atoms with E-state index in [1.807, 2.05) is 18.2 Å². The highest BCUT2D eigenvalue weighted by molar-refractivity contribution is 7.89. The topological polar surface area (TPSA) is 97.4 Å². The molecule has 4 rings (SSSR count). The molecule has 0 spiro atoms. The molecule has 0 bridgehead atoms. The first-order chi connectivity index (χ1) is 16.4. The van der Waals surface area contributed by atoms with E-state index in [9.17, 15) is 13.2 Å². The first-order valence-corrected chi connectivity index (χ1v) is 12.5. The van der Waals surface area contributed by atoms with Crippen LogP contribution in [0.5, 0.6) is 0 Å². The smallest absolute Gasteiger partial charge is 0.255 e. The number of sulfonamides is 1. The van der Waals surface area contributed by atoms with Gasteiger partial charge in [0.1, 0.15) is 10.6 Å². The molecule has 1 aliphatic rings. The van der Waals surface area contributed by atoms with Crippen LogP contribution in [-0.2, 0) is 14.8 Å². The second kappa shape index (κ2) is 10.8. The molecule has 7 nitrogen and oxygen atoms in total. The Balaban J connectivity index is 1.48. The van der Waals surface area contributed by atoms with Gasteiger partial charge in [0.25, 0.3) is 5.91 Å². The standard InChI is InChI=1S/C25H22ClN3O4S/c26-23-12-10-19(16-24(23)34(31,32)28-17-22-8-4-14-33-22)25(30)29-21-7-3-5-18(15-21)9-11-20-6-1-2-13-27-20/h1-3,5-7,10,12-13,15-16,22,28H,4,8,14,17H2,(H,29,30). The lowest BCUT2D eigenvalue weighted by molar-refractivity contribution is 0.102. The minimum atomic E-state index is -3.91. The summed E-state index contributed by atoms with van der Waals surface area (Å²) in [5, 5.41) is 2.80. The summed E-state index contributed by atoms with van der Waals surface area (Å²) in [4.78, 5) is 16.8. The highest BCUT2D eigenvalue weighted by Crippen LogP contribution is 2.24. The minimum Gasteiger partial charge on any atom is -0.377 e. The van der Waals surface area contributed by atoms with E-state index in [0.717, 1.165) is 12.8 Å². The van der Waals surface area contributed by atoms with Gasteiger partial charge in [0, 0.05) is 36.2 Å². The van der Waals surface area contributed by atoms with Crippen LogP contribution in [-0.4, -0.2) is 38.6 Å². The molecule has 3 aromatic rings. The van der Waals surface area contributed by atoms with Gasteiger partial charge in [-0.25, -0.2) is 18.1 Å². The summed E-state index contributed by atoms with van der Waals surface area (Å²) in [6.45, 7) is 0.778. The van der Waals surface area contributed by atoms with Gasteiger partial charge in [0.05, 0.1) is 11.1 Å². The molecule has 2 aromatic carbocycles. The highest BCUT2D eigenvalue weighted by atomic mass is 35.5. The van der Waals surface area contributed by atoms with Crippen molar-refractivity contribution in [1.82, 2.24) is 9.71 Å². The average molecular weight is 496 g/mol. The molecular weight excluding hydrogens is 474 g/mol. The number of benzene rings is 2. The van der Waals surface area contributed by atoms with Crippen LogP contribution in [0.25, 0.3) is 0 Å². The lowest BCUT2D eigenvalue weighted by Crippen LogP contribution is -2.32. The molecule has 1 aromatic heterocycles. The van der Waals surface area contributed by atoms with E-state index in [1.165, 1.54) is 18.2 Å². The van der Waals surface area contributed by atoms with Gasteiger partial charge in [-0.15, -0.1) is 0 Å². The number of pyridine rings is 1. The number of aromatic nitrogens is 1. The molecule has 1 unspecified atom stereocenters. The van der Waals surface area contributed by atoms with Crippen molar-refractivity contribution in [2.75, 3.05) is 18.5 Å². The number of anilines is 1. The molecular formula is C25H22ClN3O4S. The summed E-state index contributed by atoms with van der Waals surface area (Å²) in [6, 6.07) is 16.6. The molecule has 174 valence electrons. The third kappa shape index (κ3) is 6.22. The van der Waals surface area contributed by atoms with Crippen molar-refractivity contribution in [3.63, 3.8) is 0 Å². The lowest BCUT2D eigenvalue weighted by Gasteiger charge is -2.13. The first kappa shape index (κ1) is 23.9. The summed E-state index contributed by atoms with van der Waals surface area (Å²) in [5.41, 5.74) is 2.02. The number of halogens is 1. The third-order valence-corrected chi connectivity index (χ3v) is 7.03. The van der Waals surface area contributed by atoms with Gasteiger partial charge >= 0.3 is 0 Å². The Labute approximate surface area is 203 Å². The number of amides is 1. The normalized spacial score (nSPS) is 15.4. The van der Waals surface area contributed by atoms with Gasteiger partial charge in [-0.1, -0.05) is 29.7 Å². The summed E-state index contributed by atoms with van der Waals surface area (Å²) >= 11 is 6.14. The molecule has 0 aliphatic carbocycles. The summed E-state index contributed by atoms with van der Waals surface area (Å²) in [7, 11) is -3.91. The zero-order chi connectivity index (χ0) is 24.0. The zero-order valence-corrected chi connectivity index (χ0v) is 19.7. The fourth-order valence-electron chi connectivity index (χ4n) is 3.39. The van der Waals surface area contributed by atoms with Gasteiger partial charge in [-0.05, 0) is 67.3 Å². The SMILES string of the molecule is O=C(Nc1cccc(C#Cc2ccccn2)c1)c1ccc(Cl)c(S(=O)(=O)NCC2CCCO2)c1. The molecule has 0 radical (unpaired) electrons. The molecule has 0 saturated carbocycles. The molecule has 2 heterocycles. The number of rotatable bonds is 6. The van der Waals surface area contributed by atoms with Crippen LogP contribution in [0.3, 0.4) is 0 Å². The Kier molecular flexibility index (Phi) is 7.60. The molecule has 1 aliphatic heterocycles. The van der Waals surface area contributed by atoms with Gasteiger partial charge in [0.2, 0.25) is 10.0 Å². The van der Waals surface area contributed by atoms with Crippen LogP contribution in [0, 0.1) is 11.8 Å². The highest BCUT2D eigenvalue weighted by Gasteiger charge is 2.23. The van der Waals surface area contributed by atoms with Gasteiger partial charge < -0.3 is 10.1 Å². The van der Waals surface area contributed by atoms with Gasteiger partial charge in [-0.3, -0.25) is 4.79 Å². The monoisotopic (exact) mass is 495 g/mol. The third-order valence-electron chi connectivity index (χ3n) is 5.13. The van der Waals surface area contributed by atoms with E-state index >= 15 is 0 Å². The number of ether oxygens (including phenoxy) is 1. The summed E-state index contributed by atoms with van der Waals surface area (Å²) in [5.74, 6) is 5.50. The van der Waals surface area contributed by atoms with Crippen molar-refractivity contribution < 1.29 is 17.9 Å². The molecule has 1 amide bonds. The maximum absolute atomic E-state index is 12.8. The Hall–Kier alpha value is -3.22. The predicted molar refractivity (Wildman–Crippen MR) is 130 cm³/mol. The number of carbonyl (C=O) groups is 1. The van der Waals surface area contributed by atoms with Crippen LogP contribution in [0.2, 0.25) is 5.02 Å². The molecule has 2 N–H and O–H groups in total. The second-order valence-corrected chi connectivity index (χ2v) is 9.77. The Morgan fingerprint density at radius 3 is 2.76 bits per heavy atom. The Morgan fingerprint density at radius 1 is 1.12 bits per heavy atom. The number of carbonyl (C=O) groups excluding carboxylic acids is 1. The summed E-state index contributed by atoms with van der Waals surface area (Å²) in [6.07, 6.45) is 3.20. The molecule has 34 heavy (non-hydrogen) atoms. The lowest BCUT2D eigenvalue weighted by atomic mass is 10.1. The molecule has 1 atom stereocenters. The van der Waals surface area contributed by atoms with Crippen LogP contribution >= 0.6 is 11.6 Å². The quantitative estimate of drug-likeness (QED) is 0.506. The fourth-order valence-corrected chi connectivity index (χ4v) is 4.98. The van der Waals surface area contributed by atoms with Crippen LogP contribution in [0.1, 0.15) is 34.5 Å². The van der Waals surface area contributed by atoms with E-state index in [1.54, 1.807) is 30.5 Å². The van der Waals surface area contributed by atoms with E-state index in [-0.39, 0.29) is 28.1 Å². The van der Waals surface area contributed by atoms with E-state index in [4.69, 9.17) is 16.3 Å². The maximum Gasteiger partial charge on any atom is 0.255 e. The number of nitrogens with zero attached hydrogens (tertiary/aromatic N) is 1. The predicted octanol–water partition coefficient (Wildman–Crippen LogP) is 3.84. The van der Waals surface area contributed by atoms with Crippen molar-refractivity contribution in [3.05, 3.63) is 88.7 Å². The summed E-state index contributed by atoms with van der Waals surface area (Å²) < 4.78 is 33.5. The van der Waals surface area contributed by atoms with E-state index in [2.05, 4.69) is 26.9 Å². The van der Waals surface area contributed by atoms with Crippen molar-refractivity contribution in [3.8, 4) is 11.8 Å². The van der Waals surface area contributed by atoms with Crippen molar-refractivity contribution in [1.29, 1.82) is 0 Å². The van der Waals surface area contributed by atoms with Crippen molar-refractivity contribution in [2.45, 2.75) is 23.8 Å². The zero-order valence-electron chi connectivity index (χ0n) is 18.1. The van der Waals surface area contributed by atoms with Crippen molar-refractivity contribution in [2.24, 2.45) is 0 Å². The average Bonchev–Trinajstić information content (AvgIpc) is 3.36. The first-order valence-electron chi connectivity index (χ1n) is 10.7. The Bertz CT molecular complexity index is 1350. The molecule has 1 fully saturated rings. The fraction of sp³-hybridized carbons (Fsp3) is 0.200.